The summed E-state index contributed by atoms with van der Waals surface area (Å²) in [5, 5.41) is 4.44. The molecule has 0 saturated carbocycles. The van der Waals surface area contributed by atoms with Gasteiger partial charge in [-0.3, -0.25) is 14.4 Å². The number of benzene rings is 2. The molecule has 1 aliphatic heterocycles. The minimum atomic E-state index is -0.542. The fourth-order valence-electron chi connectivity index (χ4n) is 4.11. The quantitative estimate of drug-likeness (QED) is 0.471. The Morgan fingerprint density at radius 3 is 2.19 bits per heavy atom. The first-order valence-corrected chi connectivity index (χ1v) is 10.7. The van der Waals surface area contributed by atoms with Crippen LogP contribution in [0.15, 0.2) is 60.7 Å². The number of aryl methyl sites for hydroxylation is 2. The van der Waals surface area contributed by atoms with Crippen molar-refractivity contribution >= 4 is 17.6 Å². The molecule has 2 amide bonds. The molecular formula is C25H26N4O3. The Kier molecular flexibility index (Phi) is 5.90. The molecule has 7 heteroatoms. The third-order valence-corrected chi connectivity index (χ3v) is 5.77. The second-order valence-electron chi connectivity index (χ2n) is 8.18. The van der Waals surface area contributed by atoms with Crippen molar-refractivity contribution in [2.24, 2.45) is 0 Å². The number of hydrogen-bond donors (Lipinski definition) is 0. The maximum absolute atomic E-state index is 12.9. The summed E-state index contributed by atoms with van der Waals surface area (Å²) in [5.74, 6) is -1.14. The molecule has 4 rings (SSSR count). The number of nitrogens with zero attached hydrogens (tertiary/aromatic N) is 4. The van der Waals surface area contributed by atoms with E-state index in [9.17, 15) is 14.4 Å². The van der Waals surface area contributed by atoms with Gasteiger partial charge in [0, 0.05) is 42.5 Å². The lowest BCUT2D eigenvalue weighted by Crippen LogP contribution is -2.56. The van der Waals surface area contributed by atoms with Crippen LogP contribution in [0, 0.1) is 13.8 Å². The normalized spacial score (nSPS) is 16.2. The molecule has 1 aromatic heterocycles. The Labute approximate surface area is 187 Å². The smallest absolute Gasteiger partial charge is 0.295 e. The zero-order valence-electron chi connectivity index (χ0n) is 18.5. The molecule has 3 aromatic rings. The molecule has 1 saturated heterocycles. The molecular weight excluding hydrogens is 404 g/mol. The van der Waals surface area contributed by atoms with E-state index in [1.54, 1.807) is 50.9 Å². The molecule has 2 heterocycles. The lowest BCUT2D eigenvalue weighted by Gasteiger charge is -2.39. The highest BCUT2D eigenvalue weighted by Crippen LogP contribution is 2.17. The fourth-order valence-corrected chi connectivity index (χ4v) is 4.11. The van der Waals surface area contributed by atoms with Crippen LogP contribution in [0.5, 0.6) is 0 Å². The van der Waals surface area contributed by atoms with E-state index in [0.717, 1.165) is 17.1 Å². The van der Waals surface area contributed by atoms with Crippen molar-refractivity contribution in [3.63, 3.8) is 0 Å². The molecule has 0 unspecified atom stereocenters. The molecule has 0 aliphatic carbocycles. The highest BCUT2D eigenvalue weighted by molar-refractivity contribution is 6.42. The van der Waals surface area contributed by atoms with Crippen LogP contribution in [0.25, 0.3) is 5.69 Å². The van der Waals surface area contributed by atoms with E-state index in [0.29, 0.717) is 30.8 Å². The first-order valence-electron chi connectivity index (χ1n) is 10.7. The van der Waals surface area contributed by atoms with Gasteiger partial charge in [0.25, 0.3) is 11.8 Å². The Morgan fingerprint density at radius 2 is 1.59 bits per heavy atom. The van der Waals surface area contributed by atoms with Gasteiger partial charge in [-0.15, -0.1) is 0 Å². The van der Waals surface area contributed by atoms with Crippen molar-refractivity contribution in [3.8, 4) is 5.69 Å². The second kappa shape index (κ2) is 8.78. The van der Waals surface area contributed by atoms with Crippen LogP contribution in [0.4, 0.5) is 0 Å². The first-order chi connectivity index (χ1) is 15.3. The number of rotatable bonds is 4. The van der Waals surface area contributed by atoms with Crippen LogP contribution >= 0.6 is 0 Å². The van der Waals surface area contributed by atoms with Crippen molar-refractivity contribution in [1.29, 1.82) is 0 Å². The fraction of sp³-hybridized carbons (Fsp3) is 0.280. The van der Waals surface area contributed by atoms with Gasteiger partial charge in [-0.2, -0.15) is 5.10 Å². The predicted octanol–water partition coefficient (Wildman–Crippen LogP) is 3.04. The molecule has 1 fully saturated rings. The van der Waals surface area contributed by atoms with Crippen LogP contribution < -0.4 is 0 Å². The summed E-state index contributed by atoms with van der Waals surface area (Å²) >= 11 is 0. The molecule has 1 atom stereocenters. The SMILES string of the molecule is Cc1cc(C)n(-c2ccc(C(=O)C(=O)N3CCN(C(=O)c4ccccc4)C[C@H]3C)cc2)n1. The van der Waals surface area contributed by atoms with Crippen LogP contribution in [-0.4, -0.2) is 62.9 Å². The van der Waals surface area contributed by atoms with Gasteiger partial charge in [0.05, 0.1) is 11.4 Å². The van der Waals surface area contributed by atoms with Crippen molar-refractivity contribution in [3.05, 3.63) is 83.2 Å². The molecule has 7 nitrogen and oxygen atoms in total. The monoisotopic (exact) mass is 430 g/mol. The van der Waals surface area contributed by atoms with Crippen LogP contribution in [0.2, 0.25) is 0 Å². The number of piperazine rings is 1. The van der Waals surface area contributed by atoms with Gasteiger partial charge in [0.15, 0.2) is 0 Å². The predicted molar refractivity (Wildman–Crippen MR) is 121 cm³/mol. The van der Waals surface area contributed by atoms with E-state index in [2.05, 4.69) is 5.10 Å². The average molecular weight is 431 g/mol. The third kappa shape index (κ3) is 4.19. The minimum Gasteiger partial charge on any atom is -0.335 e. The van der Waals surface area contributed by atoms with Gasteiger partial charge in [-0.25, -0.2) is 4.68 Å². The van der Waals surface area contributed by atoms with E-state index in [1.165, 1.54) is 0 Å². The highest BCUT2D eigenvalue weighted by atomic mass is 16.2. The topological polar surface area (TPSA) is 75.5 Å². The number of hydrogen-bond acceptors (Lipinski definition) is 4. The van der Waals surface area contributed by atoms with Crippen LogP contribution in [0.3, 0.4) is 0 Å². The molecule has 32 heavy (non-hydrogen) atoms. The number of amides is 2. The summed E-state index contributed by atoms with van der Waals surface area (Å²) in [4.78, 5) is 41.8. The van der Waals surface area contributed by atoms with E-state index in [4.69, 9.17) is 0 Å². The Balaban J connectivity index is 1.42. The summed E-state index contributed by atoms with van der Waals surface area (Å²) in [6, 6.07) is 17.7. The average Bonchev–Trinajstić information content (AvgIpc) is 3.16. The van der Waals surface area contributed by atoms with Gasteiger partial charge in [-0.1, -0.05) is 18.2 Å². The number of Topliss-reactive ketones (excluding diaryl/α,β-unsaturated/α-hetero) is 1. The summed E-state index contributed by atoms with van der Waals surface area (Å²) in [7, 11) is 0. The Bertz CT molecular complexity index is 1150. The van der Waals surface area contributed by atoms with Gasteiger partial charge in [0.2, 0.25) is 5.78 Å². The maximum atomic E-state index is 12.9. The zero-order valence-corrected chi connectivity index (χ0v) is 18.5. The van der Waals surface area contributed by atoms with Gasteiger partial charge in [-0.05, 0) is 63.2 Å². The minimum absolute atomic E-state index is 0.0596. The summed E-state index contributed by atoms with van der Waals surface area (Å²) < 4.78 is 1.80. The number of ketones is 1. The molecule has 0 radical (unpaired) electrons. The van der Waals surface area contributed by atoms with Crippen molar-refractivity contribution in [2.75, 3.05) is 19.6 Å². The Morgan fingerprint density at radius 1 is 0.906 bits per heavy atom. The molecule has 164 valence electrons. The van der Waals surface area contributed by atoms with Crippen molar-refractivity contribution < 1.29 is 14.4 Å². The van der Waals surface area contributed by atoms with Gasteiger partial charge >= 0.3 is 0 Å². The molecule has 2 aromatic carbocycles. The van der Waals surface area contributed by atoms with Crippen LogP contribution in [0.1, 0.15) is 39.0 Å². The molecule has 0 N–H and O–H groups in total. The van der Waals surface area contributed by atoms with Gasteiger partial charge < -0.3 is 9.80 Å². The van der Waals surface area contributed by atoms with Gasteiger partial charge in [0.1, 0.15) is 0 Å². The maximum Gasteiger partial charge on any atom is 0.295 e. The van der Waals surface area contributed by atoms with E-state index >= 15 is 0 Å². The first kappa shape index (κ1) is 21.5. The second-order valence-corrected chi connectivity index (χ2v) is 8.18. The molecule has 1 aliphatic rings. The lowest BCUT2D eigenvalue weighted by molar-refractivity contribution is -0.130. The van der Waals surface area contributed by atoms with Crippen molar-refractivity contribution in [1.82, 2.24) is 19.6 Å². The Hall–Kier alpha value is -3.74. The number of aromatic nitrogens is 2. The summed E-state index contributed by atoms with van der Waals surface area (Å²) in [5.41, 5.74) is 3.71. The number of carbonyl (C=O) groups is 3. The van der Waals surface area contributed by atoms with E-state index < -0.39 is 11.7 Å². The number of carbonyl (C=O) groups excluding carboxylic acids is 3. The summed E-state index contributed by atoms with van der Waals surface area (Å²) in [6.07, 6.45) is 0. The lowest BCUT2D eigenvalue weighted by atomic mass is 10.1. The van der Waals surface area contributed by atoms with E-state index in [1.807, 2.05) is 45.0 Å². The summed E-state index contributed by atoms with van der Waals surface area (Å²) in [6.45, 7) is 6.87. The largest absolute Gasteiger partial charge is 0.335 e. The van der Waals surface area contributed by atoms with Crippen LogP contribution in [-0.2, 0) is 4.79 Å². The molecule has 0 bridgehead atoms. The van der Waals surface area contributed by atoms with E-state index in [-0.39, 0.29) is 11.9 Å². The standard InChI is InChI=1S/C25H26N4O3/c1-17-15-18(2)29(26-17)22-11-9-20(10-12-22)23(30)25(32)28-14-13-27(16-19(28)3)24(31)21-7-5-4-6-8-21/h4-12,15,19H,13-14,16H2,1-3H3/t19-/m1/s1. The molecule has 0 spiro atoms. The highest BCUT2D eigenvalue weighted by Gasteiger charge is 2.33. The van der Waals surface area contributed by atoms with Crippen molar-refractivity contribution in [2.45, 2.75) is 26.8 Å². The zero-order chi connectivity index (χ0) is 22.8. The third-order valence-electron chi connectivity index (χ3n) is 5.77.